The van der Waals surface area contributed by atoms with Crippen LogP contribution in [0.25, 0.3) is 0 Å². The monoisotopic (exact) mass is 790 g/mol. The third kappa shape index (κ3) is 17.7. The summed E-state index contributed by atoms with van der Waals surface area (Å²) in [4.78, 5) is 77.8. The Hall–Kier alpha value is -4.24. The molecule has 2 unspecified atom stereocenters. The van der Waals surface area contributed by atoms with Crippen LogP contribution in [0.4, 0.5) is 0 Å². The molecule has 0 spiro atoms. The summed E-state index contributed by atoms with van der Waals surface area (Å²) < 4.78 is 31.5. The Labute approximate surface area is 330 Å². The van der Waals surface area contributed by atoms with Crippen LogP contribution in [0.5, 0.6) is 0 Å². The molecule has 0 radical (unpaired) electrons. The molecule has 2 N–H and O–H groups in total. The third-order valence-electron chi connectivity index (χ3n) is 8.69. The van der Waals surface area contributed by atoms with Gasteiger partial charge >= 0.3 is 23.9 Å². The minimum atomic E-state index is -1.23. The van der Waals surface area contributed by atoms with Crippen LogP contribution in [-0.4, -0.2) is 111 Å². The number of rotatable bonds is 30. The number of ether oxygens (including phenoxy) is 6. The van der Waals surface area contributed by atoms with E-state index in [1.54, 1.807) is 27.7 Å². The number of aliphatic hydroxyl groups excluding tert-OH is 2. The number of hydrogen-bond acceptors (Lipinski definition) is 14. The SMILES string of the molecule is C=CC(=O)OCCCCOCC(O)COC(=O)c1cc(C(=O)OCC(O)COCCCCOC(=O)C=C)c(C(=O)C(C)(C)CCC)cc1C(=O)C(C)(C)CCC. The second-order valence-electron chi connectivity index (χ2n) is 14.7. The van der Waals surface area contributed by atoms with Crippen LogP contribution in [-0.2, 0) is 38.0 Å². The third-order valence-corrected chi connectivity index (χ3v) is 8.69. The molecule has 0 aliphatic rings. The Bertz CT molecular complexity index is 1370. The van der Waals surface area contributed by atoms with Gasteiger partial charge in [0.25, 0.3) is 0 Å². The highest BCUT2D eigenvalue weighted by Gasteiger charge is 2.37. The summed E-state index contributed by atoms with van der Waals surface area (Å²) in [6, 6.07) is 2.36. The fourth-order valence-electron chi connectivity index (χ4n) is 5.63. The van der Waals surface area contributed by atoms with Crippen molar-refractivity contribution >= 4 is 35.4 Å². The van der Waals surface area contributed by atoms with Crippen LogP contribution in [0.2, 0.25) is 0 Å². The normalized spacial score (nSPS) is 12.6. The van der Waals surface area contributed by atoms with Crippen molar-refractivity contribution in [2.75, 3.05) is 52.9 Å². The molecule has 0 aliphatic carbocycles. The molecule has 0 amide bonds. The van der Waals surface area contributed by atoms with Gasteiger partial charge in [-0.1, -0.05) is 67.5 Å². The summed E-state index contributed by atoms with van der Waals surface area (Å²) in [5.41, 5.74) is -2.72. The van der Waals surface area contributed by atoms with Gasteiger partial charge in [-0.05, 0) is 50.7 Å². The molecule has 0 aromatic heterocycles. The highest BCUT2D eigenvalue weighted by atomic mass is 16.6. The molecule has 1 aromatic rings. The lowest BCUT2D eigenvalue weighted by atomic mass is 9.75. The minimum Gasteiger partial charge on any atom is -0.463 e. The zero-order valence-corrected chi connectivity index (χ0v) is 34.0. The van der Waals surface area contributed by atoms with E-state index in [1.165, 1.54) is 6.07 Å². The van der Waals surface area contributed by atoms with Crippen molar-refractivity contribution in [2.24, 2.45) is 10.8 Å². The summed E-state index contributed by atoms with van der Waals surface area (Å²) in [7, 11) is 0. The Kier molecular flexibility index (Phi) is 23.0. The van der Waals surface area contributed by atoms with Gasteiger partial charge in [0.05, 0.1) is 37.6 Å². The molecule has 2 atom stereocenters. The quantitative estimate of drug-likeness (QED) is 0.0312. The maximum Gasteiger partial charge on any atom is 0.338 e. The van der Waals surface area contributed by atoms with Gasteiger partial charge in [0.1, 0.15) is 25.4 Å². The molecule has 0 fully saturated rings. The van der Waals surface area contributed by atoms with Crippen molar-refractivity contribution in [3.8, 4) is 0 Å². The second kappa shape index (κ2) is 25.8. The second-order valence-corrected chi connectivity index (χ2v) is 14.7. The van der Waals surface area contributed by atoms with E-state index in [-0.39, 0.29) is 61.9 Å². The molecule has 14 nitrogen and oxygen atoms in total. The van der Waals surface area contributed by atoms with E-state index in [0.29, 0.717) is 51.4 Å². The average Bonchev–Trinajstić information content (AvgIpc) is 3.16. The summed E-state index contributed by atoms with van der Waals surface area (Å²) >= 11 is 0. The Balaban J connectivity index is 3.29. The number of Topliss-reactive ketones (excluding diaryl/α,β-unsaturated/α-hetero) is 2. The lowest BCUT2D eigenvalue weighted by Crippen LogP contribution is -2.31. The van der Waals surface area contributed by atoms with Crippen molar-refractivity contribution in [3.05, 3.63) is 59.7 Å². The first-order chi connectivity index (χ1) is 26.4. The van der Waals surface area contributed by atoms with Crippen molar-refractivity contribution in [3.63, 3.8) is 0 Å². The van der Waals surface area contributed by atoms with Crippen LogP contribution < -0.4 is 0 Å². The molecular weight excluding hydrogens is 728 g/mol. The molecule has 314 valence electrons. The topological polar surface area (TPSA) is 198 Å². The van der Waals surface area contributed by atoms with Crippen LogP contribution in [0.1, 0.15) is 134 Å². The van der Waals surface area contributed by atoms with E-state index in [0.717, 1.165) is 18.2 Å². The molecule has 1 aromatic carbocycles. The number of hydrogen-bond donors (Lipinski definition) is 2. The number of carbonyl (C=O) groups excluding carboxylic acids is 6. The number of esters is 4. The van der Waals surface area contributed by atoms with Crippen molar-refractivity contribution in [1.82, 2.24) is 0 Å². The number of aliphatic hydroxyl groups is 2. The summed E-state index contributed by atoms with van der Waals surface area (Å²) in [6.07, 6.45) is 4.04. The van der Waals surface area contributed by atoms with E-state index in [9.17, 15) is 39.0 Å². The molecule has 0 bridgehead atoms. The van der Waals surface area contributed by atoms with E-state index in [1.807, 2.05) is 13.8 Å². The van der Waals surface area contributed by atoms with Gasteiger partial charge < -0.3 is 38.6 Å². The van der Waals surface area contributed by atoms with Crippen LogP contribution in [0.15, 0.2) is 37.4 Å². The van der Waals surface area contributed by atoms with E-state index in [2.05, 4.69) is 13.2 Å². The van der Waals surface area contributed by atoms with Gasteiger partial charge in [0, 0.05) is 47.3 Å². The highest BCUT2D eigenvalue weighted by molar-refractivity contribution is 6.15. The first kappa shape index (κ1) is 49.8. The summed E-state index contributed by atoms with van der Waals surface area (Å²) in [6.45, 7) is 16.9. The van der Waals surface area contributed by atoms with Crippen molar-refractivity contribution < 1.29 is 67.4 Å². The number of unbranched alkanes of at least 4 members (excludes halogenated alkanes) is 2. The van der Waals surface area contributed by atoms with Gasteiger partial charge in [-0.3, -0.25) is 9.59 Å². The average molecular weight is 791 g/mol. The van der Waals surface area contributed by atoms with Gasteiger partial charge in [0.15, 0.2) is 11.6 Å². The largest absolute Gasteiger partial charge is 0.463 e. The Morgan fingerprint density at radius 3 is 1.25 bits per heavy atom. The van der Waals surface area contributed by atoms with Crippen LogP contribution in [0.3, 0.4) is 0 Å². The van der Waals surface area contributed by atoms with E-state index in [4.69, 9.17) is 28.4 Å². The van der Waals surface area contributed by atoms with E-state index >= 15 is 0 Å². The molecular formula is C42H62O14. The molecule has 1 rings (SSSR count). The summed E-state index contributed by atoms with van der Waals surface area (Å²) in [5, 5.41) is 20.9. The molecule has 56 heavy (non-hydrogen) atoms. The van der Waals surface area contributed by atoms with Gasteiger partial charge in [-0.15, -0.1) is 0 Å². The van der Waals surface area contributed by atoms with Crippen LogP contribution >= 0.6 is 0 Å². The Morgan fingerprint density at radius 2 is 0.911 bits per heavy atom. The van der Waals surface area contributed by atoms with Gasteiger partial charge in [-0.25, -0.2) is 19.2 Å². The zero-order chi connectivity index (χ0) is 42.3. The van der Waals surface area contributed by atoms with Gasteiger partial charge in [0.2, 0.25) is 0 Å². The molecule has 0 aliphatic heterocycles. The first-order valence-corrected chi connectivity index (χ1v) is 19.2. The van der Waals surface area contributed by atoms with Crippen LogP contribution in [0, 0.1) is 10.8 Å². The Morgan fingerprint density at radius 1 is 0.571 bits per heavy atom. The first-order valence-electron chi connectivity index (χ1n) is 19.2. The predicted molar refractivity (Wildman–Crippen MR) is 207 cm³/mol. The number of ketones is 2. The lowest BCUT2D eigenvalue weighted by molar-refractivity contribution is -0.138. The highest BCUT2D eigenvalue weighted by Crippen LogP contribution is 2.34. The smallest absolute Gasteiger partial charge is 0.338 e. The molecule has 0 saturated carbocycles. The number of carbonyl (C=O) groups is 6. The summed E-state index contributed by atoms with van der Waals surface area (Å²) in [5.74, 6) is -3.97. The lowest BCUT2D eigenvalue weighted by Gasteiger charge is -2.27. The standard InChI is InChI=1S/C42H62O14/c1-9-17-41(5,6)37(47)31-23-32(38(48)42(7,8)18-10-2)34(40(50)56-28-30(44)26-52-20-14-16-22-54-36(46)12-4)24-33(31)39(49)55-27-29(43)25-51-19-13-15-21-53-35(45)11-3/h11-12,23-24,29-30,43-44H,3-4,9-10,13-22,25-28H2,1-2,5-8H3. The van der Waals surface area contributed by atoms with Gasteiger partial charge in [-0.2, -0.15) is 0 Å². The predicted octanol–water partition coefficient (Wildman–Crippen LogP) is 5.79. The molecule has 0 saturated heterocycles. The molecule has 14 heteroatoms. The number of benzene rings is 1. The maximum absolute atomic E-state index is 14.1. The van der Waals surface area contributed by atoms with Crippen molar-refractivity contribution in [1.29, 1.82) is 0 Å². The van der Waals surface area contributed by atoms with E-state index < -0.39 is 71.7 Å². The fraction of sp³-hybridized carbons (Fsp3) is 0.619. The molecule has 0 heterocycles. The zero-order valence-electron chi connectivity index (χ0n) is 34.0. The minimum absolute atomic E-state index is 0.115. The van der Waals surface area contributed by atoms with Crippen molar-refractivity contribution in [2.45, 2.75) is 105 Å². The fourth-order valence-corrected chi connectivity index (χ4v) is 5.63. The maximum atomic E-state index is 14.1.